The Labute approximate surface area is 111 Å². The number of anilines is 1. The third kappa shape index (κ3) is 2.62. The Morgan fingerprint density at radius 3 is 2.58 bits per heavy atom. The van der Waals surface area contributed by atoms with Crippen LogP contribution in [0.2, 0.25) is 0 Å². The van der Waals surface area contributed by atoms with Crippen molar-refractivity contribution >= 4 is 17.4 Å². The van der Waals surface area contributed by atoms with E-state index in [0.29, 0.717) is 25.1 Å². The Morgan fingerprint density at radius 1 is 1.47 bits per heavy atom. The molecule has 1 aliphatic carbocycles. The SMILES string of the molecule is CCOc1ccc(NC(=O)C2(/C(N)=N/O)CC2)cc1. The predicted octanol–water partition coefficient (Wildman–Crippen LogP) is 1.55. The zero-order valence-electron chi connectivity index (χ0n) is 10.7. The molecule has 0 heterocycles. The van der Waals surface area contributed by atoms with Gasteiger partial charge in [0.2, 0.25) is 5.91 Å². The first-order valence-electron chi connectivity index (χ1n) is 6.14. The molecule has 0 atom stereocenters. The van der Waals surface area contributed by atoms with Crippen molar-refractivity contribution < 1.29 is 14.7 Å². The second kappa shape index (κ2) is 5.17. The van der Waals surface area contributed by atoms with E-state index in [0.717, 1.165) is 5.75 Å². The fourth-order valence-electron chi connectivity index (χ4n) is 1.87. The number of rotatable bonds is 5. The largest absolute Gasteiger partial charge is 0.494 e. The van der Waals surface area contributed by atoms with Gasteiger partial charge in [-0.2, -0.15) is 0 Å². The maximum atomic E-state index is 12.1. The van der Waals surface area contributed by atoms with E-state index in [1.807, 2.05) is 6.92 Å². The van der Waals surface area contributed by atoms with E-state index in [1.165, 1.54) is 0 Å². The number of hydrogen-bond donors (Lipinski definition) is 3. The van der Waals surface area contributed by atoms with Crippen LogP contribution in [0.4, 0.5) is 5.69 Å². The van der Waals surface area contributed by atoms with Gasteiger partial charge in [-0.1, -0.05) is 5.16 Å². The van der Waals surface area contributed by atoms with Crippen LogP contribution in [0, 0.1) is 5.41 Å². The lowest BCUT2D eigenvalue weighted by Crippen LogP contribution is -2.36. The number of benzene rings is 1. The van der Waals surface area contributed by atoms with Gasteiger partial charge in [0, 0.05) is 5.69 Å². The van der Waals surface area contributed by atoms with Crippen LogP contribution in [0.3, 0.4) is 0 Å². The van der Waals surface area contributed by atoms with E-state index >= 15 is 0 Å². The molecule has 19 heavy (non-hydrogen) atoms. The lowest BCUT2D eigenvalue weighted by Gasteiger charge is -2.13. The van der Waals surface area contributed by atoms with Crippen LogP contribution < -0.4 is 15.8 Å². The van der Waals surface area contributed by atoms with Crippen molar-refractivity contribution in [1.82, 2.24) is 0 Å². The van der Waals surface area contributed by atoms with Gasteiger partial charge in [0.25, 0.3) is 0 Å². The summed E-state index contributed by atoms with van der Waals surface area (Å²) in [5.74, 6) is 0.473. The monoisotopic (exact) mass is 263 g/mol. The predicted molar refractivity (Wildman–Crippen MR) is 71.3 cm³/mol. The third-order valence-corrected chi connectivity index (χ3v) is 3.21. The molecule has 102 valence electrons. The van der Waals surface area contributed by atoms with Crippen molar-refractivity contribution in [1.29, 1.82) is 0 Å². The summed E-state index contributed by atoms with van der Waals surface area (Å²) in [5, 5.41) is 14.4. The standard InChI is InChI=1S/C13H17N3O3/c1-2-19-10-5-3-9(4-6-10)15-12(17)13(7-8-13)11(14)16-18/h3-6,18H,2,7-8H2,1H3,(H2,14,16)(H,15,17). The summed E-state index contributed by atoms with van der Waals surface area (Å²) in [6, 6.07) is 7.07. The summed E-state index contributed by atoms with van der Waals surface area (Å²) >= 11 is 0. The van der Waals surface area contributed by atoms with Crippen molar-refractivity contribution in [2.24, 2.45) is 16.3 Å². The first-order chi connectivity index (χ1) is 9.12. The highest BCUT2D eigenvalue weighted by atomic mass is 16.5. The zero-order valence-corrected chi connectivity index (χ0v) is 10.7. The molecule has 1 aromatic rings. The summed E-state index contributed by atoms with van der Waals surface area (Å²) < 4.78 is 5.32. The van der Waals surface area contributed by atoms with Crippen molar-refractivity contribution in [3.05, 3.63) is 24.3 Å². The van der Waals surface area contributed by atoms with Gasteiger partial charge >= 0.3 is 0 Å². The number of hydrogen-bond acceptors (Lipinski definition) is 4. The molecule has 0 aromatic heterocycles. The third-order valence-electron chi connectivity index (χ3n) is 3.21. The van der Waals surface area contributed by atoms with Crippen molar-refractivity contribution in [2.75, 3.05) is 11.9 Å². The van der Waals surface area contributed by atoms with E-state index < -0.39 is 5.41 Å². The van der Waals surface area contributed by atoms with Gasteiger partial charge in [-0.3, -0.25) is 4.79 Å². The van der Waals surface area contributed by atoms with E-state index in [-0.39, 0.29) is 11.7 Å². The molecule has 6 nitrogen and oxygen atoms in total. The number of amides is 1. The van der Waals surface area contributed by atoms with Crippen LogP contribution in [0.5, 0.6) is 5.75 Å². The Balaban J connectivity index is 2.03. The maximum Gasteiger partial charge on any atom is 0.238 e. The minimum atomic E-state index is -0.840. The second-order valence-electron chi connectivity index (χ2n) is 4.48. The molecule has 0 bridgehead atoms. The molecule has 1 aromatic carbocycles. The highest BCUT2D eigenvalue weighted by Crippen LogP contribution is 2.46. The molecule has 2 rings (SSSR count). The molecule has 0 radical (unpaired) electrons. The molecular weight excluding hydrogens is 246 g/mol. The molecule has 6 heteroatoms. The quantitative estimate of drug-likeness (QED) is 0.325. The van der Waals surface area contributed by atoms with Gasteiger partial charge in [0.05, 0.1) is 6.61 Å². The summed E-state index contributed by atoms with van der Waals surface area (Å²) in [7, 11) is 0. The molecule has 0 spiro atoms. The molecule has 4 N–H and O–H groups in total. The molecule has 0 aliphatic heterocycles. The average Bonchev–Trinajstić information content (AvgIpc) is 3.22. The van der Waals surface area contributed by atoms with Crippen molar-refractivity contribution in [3.63, 3.8) is 0 Å². The summed E-state index contributed by atoms with van der Waals surface area (Å²) in [4.78, 5) is 12.1. The number of nitrogens with two attached hydrogens (primary N) is 1. The van der Waals surface area contributed by atoms with Gasteiger partial charge in [0.1, 0.15) is 11.2 Å². The number of oxime groups is 1. The smallest absolute Gasteiger partial charge is 0.238 e. The number of nitrogens with zero attached hydrogens (tertiary/aromatic N) is 1. The molecule has 0 unspecified atom stereocenters. The van der Waals surface area contributed by atoms with Crippen molar-refractivity contribution in [3.8, 4) is 5.75 Å². The van der Waals surface area contributed by atoms with Gasteiger partial charge in [-0.05, 0) is 44.0 Å². The van der Waals surface area contributed by atoms with Crippen LogP contribution in [0.15, 0.2) is 29.4 Å². The highest BCUT2D eigenvalue weighted by molar-refractivity contribution is 6.14. The van der Waals surface area contributed by atoms with E-state index in [1.54, 1.807) is 24.3 Å². The van der Waals surface area contributed by atoms with Crippen LogP contribution in [-0.2, 0) is 4.79 Å². The first kappa shape index (κ1) is 13.2. The minimum Gasteiger partial charge on any atom is -0.494 e. The number of amidine groups is 1. The van der Waals surface area contributed by atoms with E-state index in [9.17, 15) is 4.79 Å². The lowest BCUT2D eigenvalue weighted by atomic mass is 10.1. The van der Waals surface area contributed by atoms with Crippen LogP contribution in [0.25, 0.3) is 0 Å². The Bertz CT molecular complexity index is 492. The topological polar surface area (TPSA) is 96.9 Å². The van der Waals surface area contributed by atoms with Crippen LogP contribution in [0.1, 0.15) is 19.8 Å². The molecule has 1 amide bonds. The Hall–Kier alpha value is -2.24. The van der Waals surface area contributed by atoms with E-state index in [2.05, 4.69) is 10.5 Å². The maximum absolute atomic E-state index is 12.1. The van der Waals surface area contributed by atoms with Crippen LogP contribution in [-0.4, -0.2) is 23.6 Å². The Morgan fingerprint density at radius 2 is 2.11 bits per heavy atom. The number of ether oxygens (including phenoxy) is 1. The van der Waals surface area contributed by atoms with Crippen LogP contribution >= 0.6 is 0 Å². The van der Waals surface area contributed by atoms with E-state index in [4.69, 9.17) is 15.7 Å². The Kier molecular flexibility index (Phi) is 3.59. The summed E-state index contributed by atoms with van der Waals surface area (Å²) in [6.45, 7) is 2.50. The molecule has 1 saturated carbocycles. The summed E-state index contributed by atoms with van der Waals surface area (Å²) in [5.41, 5.74) is 5.37. The molecule has 1 aliphatic rings. The second-order valence-corrected chi connectivity index (χ2v) is 4.48. The highest BCUT2D eigenvalue weighted by Gasteiger charge is 2.54. The molecular formula is C13H17N3O3. The van der Waals surface area contributed by atoms with Gasteiger partial charge in [0.15, 0.2) is 5.84 Å². The van der Waals surface area contributed by atoms with Gasteiger partial charge in [-0.15, -0.1) is 0 Å². The zero-order chi connectivity index (χ0) is 13.9. The van der Waals surface area contributed by atoms with Crippen molar-refractivity contribution in [2.45, 2.75) is 19.8 Å². The molecule has 0 saturated heterocycles. The average molecular weight is 263 g/mol. The normalized spacial score (nSPS) is 16.8. The number of carbonyl (C=O) groups excluding carboxylic acids is 1. The number of carbonyl (C=O) groups is 1. The fourth-order valence-corrected chi connectivity index (χ4v) is 1.87. The lowest BCUT2D eigenvalue weighted by molar-refractivity contribution is -0.119. The minimum absolute atomic E-state index is 0.0315. The fraction of sp³-hybridized carbons (Fsp3) is 0.385. The van der Waals surface area contributed by atoms with Gasteiger partial charge in [-0.25, -0.2) is 0 Å². The first-order valence-corrected chi connectivity index (χ1v) is 6.14. The number of nitrogens with one attached hydrogen (secondary N) is 1. The summed E-state index contributed by atoms with van der Waals surface area (Å²) in [6.07, 6.45) is 1.21. The molecule has 1 fully saturated rings. The van der Waals surface area contributed by atoms with Gasteiger partial charge < -0.3 is 21.0 Å².